The summed E-state index contributed by atoms with van der Waals surface area (Å²) in [6, 6.07) is 10.6. The van der Waals surface area contributed by atoms with Gasteiger partial charge in [-0.25, -0.2) is 0 Å². The maximum atomic E-state index is 12.5. The number of anilines is 1. The van der Waals surface area contributed by atoms with Crippen molar-refractivity contribution in [2.45, 2.75) is 45.2 Å². The van der Waals surface area contributed by atoms with Crippen molar-refractivity contribution in [2.24, 2.45) is 0 Å². The Bertz CT molecular complexity index is 786. The molecule has 3 heterocycles. The molecule has 1 saturated heterocycles. The van der Waals surface area contributed by atoms with Gasteiger partial charge in [0, 0.05) is 38.8 Å². The van der Waals surface area contributed by atoms with Gasteiger partial charge >= 0.3 is 0 Å². The molecular formula is C23H30N4O. The number of amides is 1. The highest BCUT2D eigenvalue weighted by molar-refractivity contribution is 5.91. The second-order valence-corrected chi connectivity index (χ2v) is 7.97. The Balaban J connectivity index is 1.34. The first-order valence-corrected chi connectivity index (χ1v) is 10.5. The number of fused-ring (bicyclic) bond motifs is 1. The molecule has 1 aromatic carbocycles. The van der Waals surface area contributed by atoms with Gasteiger partial charge in [0.05, 0.1) is 11.9 Å². The van der Waals surface area contributed by atoms with Gasteiger partial charge < -0.3 is 10.2 Å². The summed E-state index contributed by atoms with van der Waals surface area (Å²) < 4.78 is 0. The number of piperidine rings is 1. The molecule has 0 bridgehead atoms. The topological polar surface area (TPSA) is 48.5 Å². The molecule has 5 heteroatoms. The van der Waals surface area contributed by atoms with E-state index >= 15 is 0 Å². The third-order valence-electron chi connectivity index (χ3n) is 5.85. The Kier molecular flexibility index (Phi) is 6.34. The lowest BCUT2D eigenvalue weighted by molar-refractivity contribution is -0.116. The lowest BCUT2D eigenvalue weighted by Gasteiger charge is -2.30. The summed E-state index contributed by atoms with van der Waals surface area (Å²) >= 11 is 0. The zero-order chi connectivity index (χ0) is 19.2. The van der Waals surface area contributed by atoms with Crippen molar-refractivity contribution in [1.29, 1.82) is 0 Å². The number of carbonyl (C=O) groups is 1. The molecule has 0 aliphatic carbocycles. The number of hydrogen-bond donors (Lipinski definition) is 1. The minimum atomic E-state index is 0.104. The average molecular weight is 379 g/mol. The number of likely N-dealkylation sites (tertiary alicyclic amines) is 1. The van der Waals surface area contributed by atoms with Crippen molar-refractivity contribution in [3.63, 3.8) is 0 Å². The molecule has 28 heavy (non-hydrogen) atoms. The van der Waals surface area contributed by atoms with Crippen LogP contribution in [0.25, 0.3) is 0 Å². The lowest BCUT2D eigenvalue weighted by atomic mass is 9.99. The van der Waals surface area contributed by atoms with Crippen LogP contribution in [0, 0.1) is 0 Å². The van der Waals surface area contributed by atoms with Crippen LogP contribution in [-0.2, 0) is 24.3 Å². The first kappa shape index (κ1) is 19.1. The smallest absolute Gasteiger partial charge is 0.225 e. The highest BCUT2D eigenvalue weighted by atomic mass is 16.1. The van der Waals surface area contributed by atoms with Gasteiger partial charge in [-0.15, -0.1) is 0 Å². The Labute approximate surface area is 167 Å². The van der Waals surface area contributed by atoms with E-state index in [1.807, 2.05) is 12.4 Å². The van der Waals surface area contributed by atoms with Crippen molar-refractivity contribution in [2.75, 3.05) is 31.5 Å². The van der Waals surface area contributed by atoms with Gasteiger partial charge in [-0.1, -0.05) is 36.8 Å². The molecular weight excluding hydrogens is 348 g/mol. The Hall–Kier alpha value is -2.24. The van der Waals surface area contributed by atoms with Crippen molar-refractivity contribution in [1.82, 2.24) is 14.8 Å². The zero-order valence-electron chi connectivity index (χ0n) is 16.6. The van der Waals surface area contributed by atoms with E-state index < -0.39 is 0 Å². The van der Waals surface area contributed by atoms with Gasteiger partial charge in [0.15, 0.2) is 0 Å². The quantitative estimate of drug-likeness (QED) is 0.836. The van der Waals surface area contributed by atoms with E-state index in [2.05, 4.69) is 50.4 Å². The summed E-state index contributed by atoms with van der Waals surface area (Å²) in [5, 5.41) is 3.13. The van der Waals surface area contributed by atoms with Crippen molar-refractivity contribution in [3.05, 3.63) is 59.4 Å². The second-order valence-electron chi connectivity index (χ2n) is 7.97. The Morgan fingerprint density at radius 1 is 1.00 bits per heavy atom. The lowest BCUT2D eigenvalue weighted by Crippen LogP contribution is -2.33. The largest absolute Gasteiger partial charge is 0.324 e. The number of benzene rings is 1. The molecule has 4 rings (SSSR count). The third-order valence-corrected chi connectivity index (χ3v) is 5.85. The summed E-state index contributed by atoms with van der Waals surface area (Å²) in [4.78, 5) is 21.7. The van der Waals surface area contributed by atoms with E-state index in [-0.39, 0.29) is 5.91 Å². The molecule has 2 aromatic rings. The fourth-order valence-corrected chi connectivity index (χ4v) is 4.29. The molecule has 0 spiro atoms. The van der Waals surface area contributed by atoms with Gasteiger partial charge in [-0.3, -0.25) is 14.7 Å². The van der Waals surface area contributed by atoms with E-state index in [1.54, 1.807) is 0 Å². The highest BCUT2D eigenvalue weighted by Gasteiger charge is 2.20. The summed E-state index contributed by atoms with van der Waals surface area (Å²) in [7, 11) is 0. The van der Waals surface area contributed by atoms with Crippen LogP contribution < -0.4 is 5.32 Å². The van der Waals surface area contributed by atoms with E-state index in [4.69, 9.17) is 0 Å². The summed E-state index contributed by atoms with van der Waals surface area (Å²) in [6.45, 7) is 5.96. The SMILES string of the molecule is O=C(CCN1CCCCC1)Nc1cncc2c1CCN(Cc1ccccc1)C2. The van der Waals surface area contributed by atoms with Gasteiger partial charge in [0.1, 0.15) is 0 Å². The van der Waals surface area contributed by atoms with Crippen LogP contribution in [0.2, 0.25) is 0 Å². The molecule has 1 aromatic heterocycles. The molecule has 5 nitrogen and oxygen atoms in total. The van der Waals surface area contributed by atoms with E-state index in [0.717, 1.165) is 51.4 Å². The van der Waals surface area contributed by atoms with Gasteiger partial charge in [-0.05, 0) is 49.0 Å². The first-order valence-electron chi connectivity index (χ1n) is 10.5. The maximum absolute atomic E-state index is 12.5. The van der Waals surface area contributed by atoms with Crippen LogP contribution in [0.15, 0.2) is 42.7 Å². The molecule has 148 valence electrons. The van der Waals surface area contributed by atoms with Crippen LogP contribution in [-0.4, -0.2) is 46.9 Å². The van der Waals surface area contributed by atoms with Crippen LogP contribution in [0.1, 0.15) is 42.4 Å². The minimum absolute atomic E-state index is 0.104. The number of hydrogen-bond acceptors (Lipinski definition) is 4. The van der Waals surface area contributed by atoms with Crippen molar-refractivity contribution in [3.8, 4) is 0 Å². The Morgan fingerprint density at radius 3 is 2.64 bits per heavy atom. The van der Waals surface area contributed by atoms with E-state index in [0.29, 0.717) is 6.42 Å². The molecule has 1 N–H and O–H groups in total. The third kappa shape index (κ3) is 4.97. The molecule has 1 fully saturated rings. The number of rotatable bonds is 6. The number of carbonyl (C=O) groups excluding carboxylic acids is 1. The van der Waals surface area contributed by atoms with Crippen LogP contribution in [0.5, 0.6) is 0 Å². The van der Waals surface area contributed by atoms with Crippen LogP contribution in [0.3, 0.4) is 0 Å². The standard InChI is InChI=1S/C23H30N4O/c28-23(10-14-26-11-5-2-6-12-26)25-22-16-24-15-20-18-27(13-9-21(20)22)17-19-7-3-1-4-8-19/h1,3-4,7-8,15-16H,2,5-6,9-14,17-18H2,(H,25,28). The zero-order valence-corrected chi connectivity index (χ0v) is 16.6. The van der Waals surface area contributed by atoms with Crippen LogP contribution >= 0.6 is 0 Å². The summed E-state index contributed by atoms with van der Waals surface area (Å²) in [6.07, 6.45) is 9.12. The number of nitrogens with one attached hydrogen (secondary N) is 1. The highest BCUT2D eigenvalue weighted by Crippen LogP contribution is 2.26. The molecule has 2 aliphatic rings. The van der Waals surface area contributed by atoms with Gasteiger partial charge in [0.2, 0.25) is 5.91 Å². The number of pyridine rings is 1. The van der Waals surface area contributed by atoms with Gasteiger partial charge in [-0.2, -0.15) is 0 Å². The predicted octanol–water partition coefficient (Wildman–Crippen LogP) is 3.45. The van der Waals surface area contributed by atoms with E-state index in [1.165, 1.54) is 36.0 Å². The van der Waals surface area contributed by atoms with Gasteiger partial charge in [0.25, 0.3) is 0 Å². The number of aromatic nitrogens is 1. The summed E-state index contributed by atoms with van der Waals surface area (Å²) in [5.74, 6) is 0.104. The van der Waals surface area contributed by atoms with Crippen molar-refractivity contribution >= 4 is 11.6 Å². The van der Waals surface area contributed by atoms with Crippen molar-refractivity contribution < 1.29 is 4.79 Å². The monoisotopic (exact) mass is 378 g/mol. The minimum Gasteiger partial charge on any atom is -0.324 e. The first-order chi connectivity index (χ1) is 13.8. The fraction of sp³-hybridized carbons (Fsp3) is 0.478. The summed E-state index contributed by atoms with van der Waals surface area (Å²) in [5.41, 5.74) is 4.73. The fourth-order valence-electron chi connectivity index (χ4n) is 4.29. The predicted molar refractivity (Wildman–Crippen MR) is 112 cm³/mol. The number of nitrogens with zero attached hydrogens (tertiary/aromatic N) is 3. The molecule has 2 aliphatic heterocycles. The molecule has 0 saturated carbocycles. The molecule has 0 atom stereocenters. The van der Waals surface area contributed by atoms with Crippen LogP contribution in [0.4, 0.5) is 5.69 Å². The van der Waals surface area contributed by atoms with E-state index in [9.17, 15) is 4.79 Å². The molecule has 0 unspecified atom stereocenters. The maximum Gasteiger partial charge on any atom is 0.225 e. The normalized spacial score (nSPS) is 17.9. The average Bonchev–Trinajstić information content (AvgIpc) is 2.74. The molecule has 1 amide bonds. The molecule has 0 radical (unpaired) electrons. The Morgan fingerprint density at radius 2 is 1.82 bits per heavy atom. The second kappa shape index (κ2) is 9.30.